The molecule has 0 heterocycles. The van der Waals surface area contributed by atoms with Gasteiger partial charge in [0.2, 0.25) is 0 Å². The van der Waals surface area contributed by atoms with Crippen LogP contribution in [-0.2, 0) is 15.7 Å². The van der Waals surface area contributed by atoms with Crippen molar-refractivity contribution in [2.75, 3.05) is 7.11 Å². The van der Waals surface area contributed by atoms with Crippen molar-refractivity contribution in [1.29, 1.82) is 0 Å². The van der Waals surface area contributed by atoms with E-state index in [1.54, 1.807) is 12.2 Å². The zero-order valence-corrected chi connectivity index (χ0v) is 17.3. The van der Waals surface area contributed by atoms with Crippen molar-refractivity contribution in [3.63, 3.8) is 0 Å². The zero-order valence-electron chi connectivity index (χ0n) is 16.6. The van der Waals surface area contributed by atoms with E-state index in [9.17, 15) is 31.5 Å². The fourth-order valence-corrected chi connectivity index (χ4v) is 3.92. The summed E-state index contributed by atoms with van der Waals surface area (Å²) >= 11 is 6.11. The van der Waals surface area contributed by atoms with Gasteiger partial charge >= 0.3 is 12.1 Å². The monoisotopic (exact) mass is 473 g/mol. The molecule has 170 valence electrons. The molecular formula is C22H17ClF5NO3. The van der Waals surface area contributed by atoms with Crippen molar-refractivity contribution in [1.82, 2.24) is 5.32 Å². The van der Waals surface area contributed by atoms with Crippen molar-refractivity contribution in [3.8, 4) is 0 Å². The standard InChI is InChI=1S/C22H17ClF5NO3/c1-32-21(31)19(15-6-4-13(24)10-17(15)23)11-2-5-14(8-11)29-20(30)12-3-7-16(18(25)9-12)22(26,27)28/h2-7,9-11,14,19H,8H2,1H3,(H,29,30)/t11-,14-,19+/m1/s1. The van der Waals surface area contributed by atoms with Crippen LogP contribution < -0.4 is 5.32 Å². The molecule has 1 amide bonds. The van der Waals surface area contributed by atoms with Crippen LogP contribution in [0.5, 0.6) is 0 Å². The molecular weight excluding hydrogens is 457 g/mol. The average Bonchev–Trinajstić information content (AvgIpc) is 3.16. The summed E-state index contributed by atoms with van der Waals surface area (Å²) in [6.45, 7) is 0. The molecule has 0 spiro atoms. The first-order chi connectivity index (χ1) is 15.0. The molecule has 2 aromatic carbocycles. The van der Waals surface area contributed by atoms with Gasteiger partial charge in [0, 0.05) is 16.6 Å². The number of hydrogen-bond acceptors (Lipinski definition) is 3. The molecule has 0 bridgehead atoms. The molecule has 1 aliphatic rings. The largest absolute Gasteiger partial charge is 0.469 e. The first-order valence-electron chi connectivity index (χ1n) is 9.40. The van der Waals surface area contributed by atoms with Gasteiger partial charge in [-0.1, -0.05) is 29.8 Å². The summed E-state index contributed by atoms with van der Waals surface area (Å²) < 4.78 is 70.1. The lowest BCUT2D eigenvalue weighted by Gasteiger charge is -2.23. The van der Waals surface area contributed by atoms with Crippen molar-refractivity contribution >= 4 is 23.5 Å². The van der Waals surface area contributed by atoms with E-state index >= 15 is 0 Å². The highest BCUT2D eigenvalue weighted by atomic mass is 35.5. The molecule has 10 heteroatoms. The van der Waals surface area contributed by atoms with Crippen LogP contribution in [0.25, 0.3) is 0 Å². The van der Waals surface area contributed by atoms with Crippen LogP contribution in [0, 0.1) is 17.6 Å². The summed E-state index contributed by atoms with van der Waals surface area (Å²) in [5.74, 6) is -4.83. The maximum absolute atomic E-state index is 13.8. The van der Waals surface area contributed by atoms with Gasteiger partial charge in [0.15, 0.2) is 0 Å². The predicted molar refractivity (Wildman–Crippen MR) is 106 cm³/mol. The predicted octanol–water partition coefficient (Wildman–Crippen LogP) is 5.27. The van der Waals surface area contributed by atoms with Crippen LogP contribution in [0.15, 0.2) is 48.6 Å². The summed E-state index contributed by atoms with van der Waals surface area (Å²) in [5.41, 5.74) is -1.39. The molecule has 1 aliphatic carbocycles. The Morgan fingerprint density at radius 1 is 1.12 bits per heavy atom. The molecule has 0 fully saturated rings. The van der Waals surface area contributed by atoms with Crippen LogP contribution in [0.1, 0.15) is 33.8 Å². The molecule has 0 radical (unpaired) electrons. The highest BCUT2D eigenvalue weighted by Crippen LogP contribution is 2.38. The molecule has 3 rings (SSSR count). The van der Waals surface area contributed by atoms with Gasteiger partial charge < -0.3 is 10.1 Å². The lowest BCUT2D eigenvalue weighted by molar-refractivity contribution is -0.143. The first-order valence-corrected chi connectivity index (χ1v) is 9.77. The molecule has 2 aromatic rings. The van der Waals surface area contributed by atoms with E-state index in [0.29, 0.717) is 17.7 Å². The summed E-state index contributed by atoms with van der Waals surface area (Å²) in [4.78, 5) is 24.8. The van der Waals surface area contributed by atoms with E-state index in [1.807, 2.05) is 0 Å². The molecule has 0 unspecified atom stereocenters. The number of alkyl halides is 3. The second kappa shape index (κ2) is 9.28. The smallest absolute Gasteiger partial charge is 0.419 e. The second-order valence-electron chi connectivity index (χ2n) is 7.22. The van der Waals surface area contributed by atoms with Gasteiger partial charge in [-0.2, -0.15) is 13.2 Å². The number of halogens is 6. The Bertz CT molecular complexity index is 1070. The maximum Gasteiger partial charge on any atom is 0.419 e. The third kappa shape index (κ3) is 5.09. The van der Waals surface area contributed by atoms with Gasteiger partial charge in [-0.15, -0.1) is 0 Å². The molecule has 0 saturated heterocycles. The van der Waals surface area contributed by atoms with Crippen LogP contribution in [0.3, 0.4) is 0 Å². The number of ether oxygens (including phenoxy) is 1. The van der Waals surface area contributed by atoms with E-state index < -0.39 is 53.1 Å². The second-order valence-corrected chi connectivity index (χ2v) is 7.63. The van der Waals surface area contributed by atoms with Crippen molar-refractivity contribution < 1.29 is 36.3 Å². The summed E-state index contributed by atoms with van der Waals surface area (Å²) in [6, 6.07) is 4.93. The highest BCUT2D eigenvalue weighted by Gasteiger charge is 2.36. The van der Waals surface area contributed by atoms with E-state index in [2.05, 4.69) is 5.32 Å². The molecule has 4 nitrogen and oxygen atoms in total. The van der Waals surface area contributed by atoms with Crippen molar-refractivity contribution in [2.45, 2.75) is 24.6 Å². The summed E-state index contributed by atoms with van der Waals surface area (Å²) in [5, 5.41) is 2.62. The molecule has 32 heavy (non-hydrogen) atoms. The Morgan fingerprint density at radius 3 is 2.44 bits per heavy atom. The Hall–Kier alpha value is -2.94. The minimum atomic E-state index is -4.87. The summed E-state index contributed by atoms with van der Waals surface area (Å²) in [6.07, 6.45) is -1.36. The minimum absolute atomic E-state index is 0.0431. The first kappa shape index (κ1) is 23.7. The SMILES string of the molecule is COC(=O)[C@H](c1ccc(F)cc1Cl)[C@@H]1C=C[C@@H](NC(=O)c2ccc(C(F)(F)F)c(F)c2)C1. The number of esters is 1. The van der Waals surface area contributed by atoms with Gasteiger partial charge in [-0.05, 0) is 48.2 Å². The van der Waals surface area contributed by atoms with E-state index in [-0.39, 0.29) is 17.0 Å². The van der Waals surface area contributed by atoms with E-state index in [1.165, 1.54) is 13.2 Å². The number of rotatable bonds is 5. The number of benzene rings is 2. The van der Waals surface area contributed by atoms with Crippen molar-refractivity contribution in [2.24, 2.45) is 5.92 Å². The number of allylic oxidation sites excluding steroid dienone is 1. The molecule has 3 atom stereocenters. The fourth-order valence-electron chi connectivity index (χ4n) is 3.63. The number of carbonyl (C=O) groups is 2. The van der Waals surface area contributed by atoms with Gasteiger partial charge in [-0.3, -0.25) is 9.59 Å². The Labute approximate surface area is 185 Å². The lowest BCUT2D eigenvalue weighted by Crippen LogP contribution is -2.34. The normalized spacial score (nSPS) is 19.0. The Balaban J connectivity index is 1.74. The molecule has 1 N–H and O–H groups in total. The molecule has 0 aromatic heterocycles. The lowest BCUT2D eigenvalue weighted by atomic mass is 9.85. The number of hydrogen-bond donors (Lipinski definition) is 1. The van der Waals surface area contributed by atoms with Crippen LogP contribution in [-0.4, -0.2) is 25.0 Å². The van der Waals surface area contributed by atoms with E-state index in [0.717, 1.165) is 18.2 Å². The number of carbonyl (C=O) groups excluding carboxylic acids is 2. The topological polar surface area (TPSA) is 55.4 Å². The number of nitrogens with one attached hydrogen (secondary N) is 1. The van der Waals surface area contributed by atoms with Crippen LogP contribution in [0.2, 0.25) is 5.02 Å². The number of amides is 1. The van der Waals surface area contributed by atoms with Crippen LogP contribution in [0.4, 0.5) is 22.0 Å². The maximum atomic E-state index is 13.8. The van der Waals surface area contributed by atoms with Crippen molar-refractivity contribution in [3.05, 3.63) is 81.9 Å². The minimum Gasteiger partial charge on any atom is -0.469 e. The highest BCUT2D eigenvalue weighted by molar-refractivity contribution is 6.31. The average molecular weight is 474 g/mol. The summed E-state index contributed by atoms with van der Waals surface area (Å²) in [7, 11) is 1.20. The van der Waals surface area contributed by atoms with Gasteiger partial charge in [0.1, 0.15) is 11.6 Å². The van der Waals surface area contributed by atoms with Gasteiger partial charge in [0.25, 0.3) is 5.91 Å². The number of methoxy groups -OCH3 is 1. The van der Waals surface area contributed by atoms with Crippen LogP contribution >= 0.6 is 11.6 Å². The Kier molecular flexibility index (Phi) is 6.88. The molecule has 0 saturated carbocycles. The quantitative estimate of drug-likeness (QED) is 0.366. The molecule has 0 aliphatic heterocycles. The van der Waals surface area contributed by atoms with E-state index in [4.69, 9.17) is 16.3 Å². The van der Waals surface area contributed by atoms with Gasteiger partial charge in [-0.25, -0.2) is 8.78 Å². The zero-order chi connectivity index (χ0) is 23.6. The third-order valence-electron chi connectivity index (χ3n) is 5.15. The Morgan fingerprint density at radius 2 is 1.84 bits per heavy atom. The third-order valence-corrected chi connectivity index (χ3v) is 5.48. The van der Waals surface area contributed by atoms with Gasteiger partial charge in [0.05, 0.1) is 18.6 Å². The fraction of sp³-hybridized carbons (Fsp3) is 0.273.